The van der Waals surface area contributed by atoms with Crippen molar-refractivity contribution < 1.29 is 46.2 Å². The van der Waals surface area contributed by atoms with Gasteiger partial charge in [0, 0.05) is 52.8 Å². The molecule has 0 bridgehead atoms. The Kier molecular flexibility index (Phi) is 14.5. The van der Waals surface area contributed by atoms with Crippen molar-refractivity contribution in [2.24, 2.45) is 0 Å². The molecule has 1 aliphatic rings. The number of carbonyl (C=O) groups is 1. The van der Waals surface area contributed by atoms with E-state index in [1.54, 1.807) is 12.1 Å². The minimum Gasteiger partial charge on any atom is -0.394 e. The van der Waals surface area contributed by atoms with Crippen LogP contribution in [0.5, 0.6) is 0 Å². The second-order valence-corrected chi connectivity index (χ2v) is 11.4. The summed E-state index contributed by atoms with van der Waals surface area (Å²) in [4.78, 5) is 29.3. The molecule has 0 saturated carbocycles. The van der Waals surface area contributed by atoms with E-state index in [1.807, 2.05) is 4.93 Å². The fourth-order valence-electron chi connectivity index (χ4n) is 4.64. The summed E-state index contributed by atoms with van der Waals surface area (Å²) in [5.41, 5.74) is -4.74. The number of Topliss-reactive ketones (excluding diaryl/α,β-unsaturated/α-hetero) is 1. The van der Waals surface area contributed by atoms with Gasteiger partial charge in [-0.2, -0.15) is 4.72 Å². The van der Waals surface area contributed by atoms with Crippen LogP contribution in [0.25, 0.3) is 0 Å². The number of nitrogens with zero attached hydrogens (tertiary/aromatic N) is 2. The zero-order valence-electron chi connectivity index (χ0n) is 22.6. The first-order valence-corrected chi connectivity index (χ1v) is 16.2. The fourth-order valence-corrected chi connectivity index (χ4v) is 6.70. The number of pyridine rings is 1. The zero-order valence-corrected chi connectivity index (χ0v) is 28.4. The molecule has 227 valence electrons. The number of nitrogens with one attached hydrogen (secondary N) is 1. The monoisotopic (exact) mass is 789 g/mol. The average Bonchev–Trinajstić information content (AvgIpc) is 2.95. The number of ketones is 1. The van der Waals surface area contributed by atoms with Gasteiger partial charge in [-0.3, -0.25) is 19.9 Å². The van der Waals surface area contributed by atoms with Gasteiger partial charge in [0.05, 0.1) is 22.8 Å². The van der Waals surface area contributed by atoms with Crippen LogP contribution in [0, 0.1) is 17.5 Å². The Labute approximate surface area is 279 Å². The third-order valence-corrected chi connectivity index (χ3v) is 8.78. The van der Waals surface area contributed by atoms with Crippen molar-refractivity contribution in [2.75, 3.05) is 11.5 Å². The van der Waals surface area contributed by atoms with Crippen LogP contribution < -0.4 is 4.72 Å². The summed E-state index contributed by atoms with van der Waals surface area (Å²) in [6, 6.07) is 12.2. The Balaban J connectivity index is 0.00000216. The first kappa shape index (κ1) is 38.4. The number of fused-ring (bicyclic) bond motifs is 1. The van der Waals surface area contributed by atoms with Crippen LogP contribution in [-0.4, -0.2) is 40.8 Å². The molecule has 1 radical (unpaired) electrons. The molecule has 1 heterocycles. The van der Waals surface area contributed by atoms with E-state index in [1.165, 1.54) is 36.5 Å². The zero-order chi connectivity index (χ0) is 29.7. The number of aliphatic hydroxyl groups excluding tert-OH is 1. The number of carbonyl (C=O) groups excluding carboxylic acids is 1. The molecule has 3 aromatic rings. The van der Waals surface area contributed by atoms with Crippen molar-refractivity contribution in [2.45, 2.75) is 41.8 Å². The van der Waals surface area contributed by atoms with Gasteiger partial charge in [-0.15, -0.1) is 0 Å². The number of rotatable bonds is 9. The van der Waals surface area contributed by atoms with E-state index in [2.05, 4.69) is 32.3 Å². The fraction of sp³-hybridized carbons (Fsp3) is 0.296. The van der Waals surface area contributed by atoms with Gasteiger partial charge in [0.1, 0.15) is 0 Å². The third-order valence-electron chi connectivity index (χ3n) is 6.61. The molecule has 0 amide bonds. The molecule has 4 rings (SSSR count). The second kappa shape index (κ2) is 15.9. The number of para-hydroxylation sites is 1. The number of halogens is 4. The van der Waals surface area contributed by atoms with Crippen LogP contribution in [-0.2, 0) is 51.0 Å². The van der Waals surface area contributed by atoms with Gasteiger partial charge in [-0.1, -0.05) is 70.1 Å². The predicted molar refractivity (Wildman–Crippen MR) is 165 cm³/mol. The minimum absolute atomic E-state index is 0. The van der Waals surface area contributed by atoms with Crippen LogP contribution in [0.3, 0.4) is 0 Å². The van der Waals surface area contributed by atoms with E-state index in [0.29, 0.717) is 15.6 Å². The Morgan fingerprint density at radius 3 is 2.45 bits per heavy atom. The van der Waals surface area contributed by atoms with Crippen LogP contribution in [0.1, 0.15) is 36.1 Å². The number of benzene rings is 2. The third kappa shape index (κ3) is 7.89. The molecular weight excluding hydrogens is 762 g/mol. The maximum atomic E-state index is 16.4. The molecule has 0 spiro atoms. The van der Waals surface area contributed by atoms with Crippen LogP contribution in [0.4, 0.5) is 10.1 Å². The second-order valence-electron chi connectivity index (χ2n) is 8.93. The summed E-state index contributed by atoms with van der Waals surface area (Å²) >= 11 is 14.2. The molecule has 0 unspecified atom stereocenters. The predicted octanol–water partition coefficient (Wildman–Crippen LogP) is 6.12. The number of aromatic nitrogens is 1. The molecule has 0 saturated heterocycles. The maximum absolute atomic E-state index is 16.4. The molecule has 1 aliphatic carbocycles. The van der Waals surface area contributed by atoms with Gasteiger partial charge in [0.15, 0.2) is 16.3 Å². The van der Waals surface area contributed by atoms with E-state index in [9.17, 15) is 28.4 Å². The summed E-state index contributed by atoms with van der Waals surface area (Å²) in [5.74, 6) is -0.758. The molecule has 42 heavy (non-hydrogen) atoms. The first-order chi connectivity index (χ1) is 18.9. The van der Waals surface area contributed by atoms with Crippen molar-refractivity contribution in [3.8, 4) is 0 Å². The maximum Gasteiger partial charge on any atom is 0.289 e. The molecule has 0 aliphatic heterocycles. The van der Waals surface area contributed by atoms with E-state index in [-0.39, 0.29) is 56.5 Å². The molecule has 2 aromatic carbocycles. The summed E-state index contributed by atoms with van der Waals surface area (Å²) in [7, 11) is -4.59. The molecule has 15 heteroatoms. The number of hydrogen-bond donors (Lipinski definition) is 2. The number of alkyl halides is 2. The van der Waals surface area contributed by atoms with Gasteiger partial charge < -0.3 is 12.5 Å². The van der Waals surface area contributed by atoms with Gasteiger partial charge in [-0.05, 0) is 54.0 Å². The Morgan fingerprint density at radius 1 is 1.17 bits per heavy atom. The van der Waals surface area contributed by atoms with E-state index in [4.69, 9.17) is 23.2 Å². The van der Waals surface area contributed by atoms with Crippen molar-refractivity contribution in [3.63, 3.8) is 0 Å². The first-order valence-electron chi connectivity index (χ1n) is 11.8. The topological polar surface area (TPSA) is 140 Å². The molecule has 0 fully saturated rings. The van der Waals surface area contributed by atoms with Gasteiger partial charge >= 0.3 is 0 Å². The Morgan fingerprint density at radius 2 is 1.83 bits per heavy atom. The molecule has 1 aromatic heterocycles. The molecule has 2 N–H and O–H groups in total. The SMILES string of the molecule is CI.O=C(CCc1ccc(Cl)cc1Cl)[C@]1(F)CC[C@](CO)(NS(=O)(=O)c2ccccc2[N+](=O)[O-])c2ncccc21.[CH3-].[V]. The largest absolute Gasteiger partial charge is 0.394 e. The molecular formula is C27H28Cl2FIN3O6SV-. The standard InChI is InChI=1S/C25H22Cl2FN3O6S.CH3I.CH3.V/c26-17-9-7-16(19(27)14-17)8-10-22(33)25(28)12-11-24(15-32,23-18(25)4-3-13-29-23)30-38(36,37)21-6-2-1-5-20(21)31(34)35;1-2;;/h1-7,9,13-14,30,32H,8,10-12,15H2;1H3;1H3;/q;;-1;/t24-,25+;;;/m1.../s1. The number of nitro groups is 1. The summed E-state index contributed by atoms with van der Waals surface area (Å²) < 4.78 is 45.3. The van der Waals surface area contributed by atoms with Gasteiger partial charge in [0.2, 0.25) is 10.0 Å². The number of sulfonamides is 1. The van der Waals surface area contributed by atoms with E-state index >= 15 is 4.39 Å². The quantitative estimate of drug-likeness (QED) is 0.0876. The van der Waals surface area contributed by atoms with Crippen LogP contribution in [0.2, 0.25) is 10.0 Å². The van der Waals surface area contributed by atoms with Crippen molar-refractivity contribution in [1.29, 1.82) is 0 Å². The minimum atomic E-state index is -4.59. The van der Waals surface area contributed by atoms with Gasteiger partial charge in [-0.25, -0.2) is 12.8 Å². The van der Waals surface area contributed by atoms with Crippen molar-refractivity contribution in [3.05, 3.63) is 105 Å². The molecule has 9 nitrogen and oxygen atoms in total. The van der Waals surface area contributed by atoms with E-state index in [0.717, 1.165) is 12.1 Å². The number of nitro benzene ring substituents is 1. The average molecular weight is 790 g/mol. The number of aliphatic hydroxyl groups is 1. The van der Waals surface area contributed by atoms with Crippen LogP contribution in [0.15, 0.2) is 65.7 Å². The summed E-state index contributed by atoms with van der Waals surface area (Å²) in [5, 5.41) is 22.5. The summed E-state index contributed by atoms with van der Waals surface area (Å²) in [6.07, 6.45) is 0.425. The van der Waals surface area contributed by atoms with Crippen LogP contribution >= 0.6 is 45.8 Å². The Bertz CT molecular complexity index is 1540. The Hall–Kier alpha value is -1.65. The normalized spacial score (nSPS) is 19.2. The van der Waals surface area contributed by atoms with Gasteiger partial charge in [0.25, 0.3) is 5.69 Å². The molecule has 2 atom stereocenters. The smallest absolute Gasteiger partial charge is 0.289 e. The van der Waals surface area contributed by atoms with Crippen molar-refractivity contribution in [1.82, 2.24) is 9.71 Å². The summed E-state index contributed by atoms with van der Waals surface area (Å²) in [6.45, 7) is -0.832. The number of hydrogen-bond acceptors (Lipinski definition) is 7. The van der Waals surface area contributed by atoms with E-state index < -0.39 is 55.5 Å². The number of aryl methyl sites for hydroxylation is 1. The van der Waals surface area contributed by atoms with Crippen molar-refractivity contribution >= 4 is 67.3 Å².